The molecule has 0 amide bonds. The first-order valence-corrected chi connectivity index (χ1v) is 13.1. The van der Waals surface area contributed by atoms with Crippen LogP contribution in [0.15, 0.2) is 24.5 Å². The molecule has 3 N–H and O–H groups in total. The van der Waals surface area contributed by atoms with Crippen LogP contribution in [0.3, 0.4) is 0 Å². The Morgan fingerprint density at radius 2 is 2.00 bits per heavy atom. The Morgan fingerprint density at radius 3 is 2.76 bits per heavy atom. The van der Waals surface area contributed by atoms with Crippen molar-refractivity contribution in [3.05, 3.63) is 24.5 Å². The number of aromatic nitrogens is 4. The molecule has 0 saturated heterocycles. The smallest absolute Gasteiger partial charge is 0.459 e. The molecule has 3 aromatic rings. The molecule has 15 nitrogen and oxygen atoms in total. The van der Waals surface area contributed by atoms with E-state index in [4.69, 9.17) is 38.5 Å². The van der Waals surface area contributed by atoms with E-state index in [1.807, 2.05) is 0 Å². The van der Waals surface area contributed by atoms with Gasteiger partial charge in [0.1, 0.15) is 18.5 Å². The molecule has 0 aliphatic carbocycles. The number of hydrogen-bond acceptors (Lipinski definition) is 13. The van der Waals surface area contributed by atoms with E-state index in [9.17, 15) is 9.36 Å². The molecule has 1 aliphatic rings. The summed E-state index contributed by atoms with van der Waals surface area (Å²) in [4.78, 5) is 24.7. The number of nitrogens with zero attached hydrogens (tertiary/aromatic N) is 4. The lowest BCUT2D eigenvalue weighted by Gasteiger charge is -2.23. The number of methoxy groups -OCH3 is 1. The molecule has 4 rings (SSSR count). The number of anilines is 1. The van der Waals surface area contributed by atoms with Gasteiger partial charge in [0.2, 0.25) is 18.6 Å². The summed E-state index contributed by atoms with van der Waals surface area (Å²) in [6.07, 6.45) is 1.15. The van der Waals surface area contributed by atoms with Gasteiger partial charge in [-0.25, -0.2) is 9.55 Å². The summed E-state index contributed by atoms with van der Waals surface area (Å²) < 4.78 is 53.1. The third-order valence-electron chi connectivity index (χ3n) is 4.99. The van der Waals surface area contributed by atoms with Gasteiger partial charge in [-0.05, 0) is 32.9 Å². The monoisotopic (exact) mass is 552 g/mol. The Labute approximate surface area is 218 Å². The van der Waals surface area contributed by atoms with Crippen molar-refractivity contribution in [1.29, 1.82) is 0 Å². The summed E-state index contributed by atoms with van der Waals surface area (Å²) in [6, 6.07) is 3.68. The van der Waals surface area contributed by atoms with E-state index in [1.54, 1.807) is 30.5 Å². The van der Waals surface area contributed by atoms with Gasteiger partial charge >= 0.3 is 13.7 Å². The van der Waals surface area contributed by atoms with Gasteiger partial charge in [-0.2, -0.15) is 15.1 Å². The van der Waals surface area contributed by atoms with Crippen molar-refractivity contribution in [3.63, 3.8) is 0 Å². The topological polar surface area (TPSA) is 180 Å². The third-order valence-corrected chi connectivity index (χ3v) is 6.67. The molecule has 2 aromatic heterocycles. The van der Waals surface area contributed by atoms with E-state index in [0.717, 1.165) is 0 Å². The second-order valence-corrected chi connectivity index (χ2v) is 9.98. The number of carbonyl (C=O) groups excluding carboxylic acids is 1. The Kier molecular flexibility index (Phi) is 8.52. The standard InChI is InChI=1S/C22H29N6O9P/c1-13(2)36-21(29)14(3)27-38(30,37-15-5-6-16-17(9-15)34-12-33-16)35-8-7-32-11-28-10-24-18-19(28)25-22(23)26-20(18)31-4/h5-6,9-10,13-14H,7-8,11-12H2,1-4H3,(H,27,30)(H2,23,25,26). The third kappa shape index (κ3) is 6.61. The molecule has 0 bridgehead atoms. The van der Waals surface area contributed by atoms with Gasteiger partial charge in [-0.3, -0.25) is 13.9 Å². The number of esters is 1. The van der Waals surface area contributed by atoms with Crippen LogP contribution in [0, 0.1) is 0 Å². The highest BCUT2D eigenvalue weighted by atomic mass is 31.2. The first-order chi connectivity index (χ1) is 18.2. The van der Waals surface area contributed by atoms with Crippen LogP contribution in [0.2, 0.25) is 0 Å². The second-order valence-electron chi connectivity index (χ2n) is 8.29. The van der Waals surface area contributed by atoms with Crippen LogP contribution in [0.5, 0.6) is 23.1 Å². The average Bonchev–Trinajstić information content (AvgIpc) is 3.49. The molecule has 0 saturated carbocycles. The van der Waals surface area contributed by atoms with E-state index in [2.05, 4.69) is 20.0 Å². The summed E-state index contributed by atoms with van der Waals surface area (Å²) in [5.74, 6) is 0.799. The zero-order valence-electron chi connectivity index (χ0n) is 21.3. The van der Waals surface area contributed by atoms with Crippen molar-refractivity contribution >= 4 is 30.8 Å². The number of nitrogen functional groups attached to an aromatic ring is 1. The Hall–Kier alpha value is -3.65. The van der Waals surface area contributed by atoms with Gasteiger partial charge in [0.15, 0.2) is 22.7 Å². The van der Waals surface area contributed by atoms with E-state index in [0.29, 0.717) is 22.7 Å². The molecule has 0 fully saturated rings. The number of nitrogens with two attached hydrogens (primary N) is 1. The molecular weight excluding hydrogens is 523 g/mol. The van der Waals surface area contributed by atoms with Gasteiger partial charge < -0.3 is 33.9 Å². The Balaban J connectivity index is 1.39. The lowest BCUT2D eigenvalue weighted by molar-refractivity contribution is -0.149. The second kappa shape index (κ2) is 11.8. The van der Waals surface area contributed by atoms with E-state index < -0.39 is 19.8 Å². The minimum Gasteiger partial charge on any atom is -0.479 e. The minimum atomic E-state index is -4.08. The van der Waals surface area contributed by atoms with Crippen LogP contribution < -0.4 is 29.6 Å². The number of benzene rings is 1. The van der Waals surface area contributed by atoms with Crippen LogP contribution in [0.25, 0.3) is 11.2 Å². The average molecular weight is 552 g/mol. The maximum absolute atomic E-state index is 13.6. The van der Waals surface area contributed by atoms with Crippen LogP contribution in [-0.2, 0) is 30.1 Å². The van der Waals surface area contributed by atoms with Crippen molar-refractivity contribution in [1.82, 2.24) is 24.6 Å². The van der Waals surface area contributed by atoms with E-state index in [1.165, 1.54) is 26.4 Å². The van der Waals surface area contributed by atoms with Gasteiger partial charge in [0, 0.05) is 6.07 Å². The fraction of sp³-hybridized carbons (Fsp3) is 0.455. The molecule has 2 unspecified atom stereocenters. The van der Waals surface area contributed by atoms with Gasteiger partial charge in [0.05, 0.1) is 32.8 Å². The number of hydrogen-bond donors (Lipinski definition) is 2. The molecule has 2 atom stereocenters. The molecule has 0 radical (unpaired) electrons. The molecule has 0 spiro atoms. The first-order valence-electron chi connectivity index (χ1n) is 11.6. The normalized spacial score (nSPS) is 14.9. The molecule has 1 aliphatic heterocycles. The fourth-order valence-corrected chi connectivity index (χ4v) is 4.80. The molecule has 1 aromatic carbocycles. The number of fused-ring (bicyclic) bond motifs is 2. The van der Waals surface area contributed by atoms with Crippen molar-refractivity contribution in [2.24, 2.45) is 0 Å². The summed E-state index contributed by atoms with van der Waals surface area (Å²) >= 11 is 0. The Bertz CT molecular complexity index is 1330. The molecule has 38 heavy (non-hydrogen) atoms. The highest BCUT2D eigenvalue weighted by molar-refractivity contribution is 7.52. The van der Waals surface area contributed by atoms with Crippen molar-refractivity contribution in [3.8, 4) is 23.1 Å². The number of imidazole rings is 1. The fourth-order valence-electron chi connectivity index (χ4n) is 3.34. The van der Waals surface area contributed by atoms with Crippen LogP contribution in [-0.4, -0.2) is 64.8 Å². The molecule has 16 heteroatoms. The van der Waals surface area contributed by atoms with Crippen molar-refractivity contribution < 1.29 is 42.1 Å². The highest BCUT2D eigenvalue weighted by Crippen LogP contribution is 2.47. The number of ether oxygens (including phenoxy) is 5. The van der Waals surface area contributed by atoms with Crippen molar-refractivity contribution in [2.75, 3.05) is 32.9 Å². The number of rotatable bonds is 13. The van der Waals surface area contributed by atoms with Gasteiger partial charge in [-0.15, -0.1) is 0 Å². The first kappa shape index (κ1) is 27.4. The van der Waals surface area contributed by atoms with Crippen molar-refractivity contribution in [2.45, 2.75) is 39.6 Å². The van der Waals surface area contributed by atoms with E-state index >= 15 is 0 Å². The highest BCUT2D eigenvalue weighted by Gasteiger charge is 2.33. The maximum atomic E-state index is 13.6. The lowest BCUT2D eigenvalue weighted by Crippen LogP contribution is -2.36. The van der Waals surface area contributed by atoms with E-state index in [-0.39, 0.29) is 50.4 Å². The van der Waals surface area contributed by atoms with Gasteiger partial charge in [-0.1, -0.05) is 0 Å². The molecule has 206 valence electrons. The van der Waals surface area contributed by atoms with Gasteiger partial charge in [0.25, 0.3) is 0 Å². The summed E-state index contributed by atoms with van der Waals surface area (Å²) in [5.41, 5.74) is 6.58. The Morgan fingerprint density at radius 1 is 1.21 bits per heavy atom. The number of nitrogens with one attached hydrogen (secondary N) is 1. The quantitative estimate of drug-likeness (QED) is 0.179. The maximum Gasteiger partial charge on any atom is 0.459 e. The predicted octanol–water partition coefficient (Wildman–Crippen LogP) is 2.25. The molecular formula is C22H29N6O9P. The largest absolute Gasteiger partial charge is 0.479 e. The zero-order chi connectivity index (χ0) is 27.3. The zero-order valence-corrected chi connectivity index (χ0v) is 22.2. The molecule has 3 heterocycles. The van der Waals surface area contributed by atoms with Crippen LogP contribution in [0.1, 0.15) is 20.8 Å². The minimum absolute atomic E-state index is 0.0123. The van der Waals surface area contributed by atoms with Crippen LogP contribution >= 0.6 is 7.75 Å². The number of carbonyl (C=O) groups is 1. The van der Waals surface area contributed by atoms with Crippen LogP contribution in [0.4, 0.5) is 5.95 Å². The lowest BCUT2D eigenvalue weighted by atomic mass is 10.3. The predicted molar refractivity (Wildman–Crippen MR) is 133 cm³/mol. The summed E-state index contributed by atoms with van der Waals surface area (Å²) in [5, 5.41) is 2.61. The summed E-state index contributed by atoms with van der Waals surface area (Å²) in [7, 11) is -2.62. The SMILES string of the molecule is COc1nc(N)nc2c1ncn2COCCOP(=O)(NC(C)C(=O)OC(C)C)Oc1ccc2c(c1)OCO2. The summed E-state index contributed by atoms with van der Waals surface area (Å²) in [6.45, 7) is 4.89.